The highest BCUT2D eigenvalue weighted by molar-refractivity contribution is 7.99. The fourth-order valence-electron chi connectivity index (χ4n) is 3.55. The van der Waals surface area contributed by atoms with Crippen molar-refractivity contribution in [2.75, 3.05) is 19.9 Å². The summed E-state index contributed by atoms with van der Waals surface area (Å²) in [4.78, 5) is 32.7. The first-order valence-electron chi connectivity index (χ1n) is 10.6. The number of ether oxygens (including phenoxy) is 1. The highest BCUT2D eigenvalue weighted by Crippen LogP contribution is 2.24. The molecule has 1 heterocycles. The topological polar surface area (TPSA) is 64.4 Å². The normalized spacial score (nSPS) is 10.9. The number of aryl methyl sites for hydroxylation is 1. The summed E-state index contributed by atoms with van der Waals surface area (Å²) in [5.41, 5.74) is 3.31. The van der Waals surface area contributed by atoms with E-state index in [1.807, 2.05) is 67.6 Å². The molecule has 3 aromatic carbocycles. The summed E-state index contributed by atoms with van der Waals surface area (Å²) in [6, 6.07) is 22.5. The van der Waals surface area contributed by atoms with Crippen LogP contribution in [0.5, 0.6) is 5.75 Å². The van der Waals surface area contributed by atoms with Gasteiger partial charge in [-0.1, -0.05) is 54.2 Å². The van der Waals surface area contributed by atoms with Crippen LogP contribution in [0.2, 0.25) is 0 Å². The largest absolute Gasteiger partial charge is 0.497 e. The highest BCUT2D eigenvalue weighted by Gasteiger charge is 2.17. The molecule has 0 N–H and O–H groups in total. The van der Waals surface area contributed by atoms with E-state index in [0.717, 1.165) is 11.1 Å². The number of fused-ring (bicyclic) bond motifs is 1. The summed E-state index contributed by atoms with van der Waals surface area (Å²) in [5.74, 6) is 0.761. The van der Waals surface area contributed by atoms with Crippen molar-refractivity contribution in [2.45, 2.75) is 18.6 Å². The van der Waals surface area contributed by atoms with Crippen molar-refractivity contribution in [1.29, 1.82) is 0 Å². The summed E-state index contributed by atoms with van der Waals surface area (Å²) in [6.45, 7) is 2.56. The van der Waals surface area contributed by atoms with Gasteiger partial charge in [0, 0.05) is 19.7 Å². The van der Waals surface area contributed by atoms with Gasteiger partial charge in [0.15, 0.2) is 5.16 Å². The molecular weight excluding hydrogens is 434 g/mol. The van der Waals surface area contributed by atoms with E-state index in [9.17, 15) is 9.59 Å². The summed E-state index contributed by atoms with van der Waals surface area (Å²) < 4.78 is 6.88. The number of hydrogen-bond donors (Lipinski definition) is 0. The number of carbonyl (C=O) groups is 1. The first kappa shape index (κ1) is 22.6. The van der Waals surface area contributed by atoms with E-state index in [1.54, 1.807) is 35.8 Å². The Morgan fingerprint density at radius 1 is 1.06 bits per heavy atom. The van der Waals surface area contributed by atoms with E-state index in [0.29, 0.717) is 34.0 Å². The van der Waals surface area contributed by atoms with Crippen molar-refractivity contribution in [2.24, 2.45) is 0 Å². The van der Waals surface area contributed by atoms with Crippen molar-refractivity contribution in [3.8, 4) is 11.4 Å². The lowest BCUT2D eigenvalue weighted by Crippen LogP contribution is -2.29. The van der Waals surface area contributed by atoms with E-state index in [-0.39, 0.29) is 17.2 Å². The van der Waals surface area contributed by atoms with Crippen LogP contribution >= 0.6 is 11.8 Å². The van der Waals surface area contributed by atoms with Crippen molar-refractivity contribution in [3.63, 3.8) is 0 Å². The van der Waals surface area contributed by atoms with Gasteiger partial charge >= 0.3 is 0 Å². The number of nitrogens with zero attached hydrogens (tertiary/aromatic N) is 3. The maximum absolute atomic E-state index is 13.4. The van der Waals surface area contributed by atoms with Crippen LogP contribution in [-0.4, -0.2) is 40.3 Å². The molecule has 0 spiro atoms. The molecule has 0 atom stereocenters. The van der Waals surface area contributed by atoms with Crippen LogP contribution in [0.1, 0.15) is 11.1 Å². The molecule has 7 heteroatoms. The Hall–Kier alpha value is -3.58. The quantitative estimate of drug-likeness (QED) is 0.302. The van der Waals surface area contributed by atoms with Gasteiger partial charge in [0.25, 0.3) is 5.56 Å². The molecule has 1 amide bonds. The van der Waals surface area contributed by atoms with Crippen LogP contribution in [0, 0.1) is 6.92 Å². The zero-order chi connectivity index (χ0) is 23.4. The van der Waals surface area contributed by atoms with Gasteiger partial charge in [-0.15, -0.1) is 0 Å². The fraction of sp³-hybridized carbons (Fsp3) is 0.192. The molecule has 6 nitrogen and oxygen atoms in total. The predicted octanol–water partition coefficient (Wildman–Crippen LogP) is 4.45. The number of methoxy groups -OCH3 is 1. The van der Waals surface area contributed by atoms with Crippen LogP contribution in [0.15, 0.2) is 82.7 Å². The zero-order valence-electron chi connectivity index (χ0n) is 18.8. The third kappa shape index (κ3) is 4.93. The molecule has 0 aliphatic heterocycles. The Labute approximate surface area is 196 Å². The lowest BCUT2D eigenvalue weighted by Gasteiger charge is -2.19. The van der Waals surface area contributed by atoms with E-state index >= 15 is 0 Å². The van der Waals surface area contributed by atoms with Gasteiger partial charge < -0.3 is 9.64 Å². The first-order chi connectivity index (χ1) is 16.0. The molecular formula is C26H25N3O3S. The second-order valence-corrected chi connectivity index (χ2v) is 8.66. The molecule has 0 aliphatic rings. The SMILES string of the molecule is COc1cccc(-n2c(SCC(=O)N(C)Cc3ccccc3C)nc3ccccc3c2=O)c1. The standard InChI is InChI=1S/C26H25N3O3S/c1-18-9-4-5-10-19(18)16-28(2)24(30)17-33-26-27-23-14-7-6-13-22(23)25(31)29(26)20-11-8-12-21(15-20)32-3/h4-15H,16-17H2,1-3H3. The van der Waals surface area contributed by atoms with Crippen molar-refractivity contribution < 1.29 is 9.53 Å². The summed E-state index contributed by atoms with van der Waals surface area (Å²) in [7, 11) is 3.37. The number of aromatic nitrogens is 2. The van der Waals surface area contributed by atoms with Crippen molar-refractivity contribution >= 4 is 28.6 Å². The Morgan fingerprint density at radius 3 is 2.61 bits per heavy atom. The number of para-hydroxylation sites is 1. The second-order valence-electron chi connectivity index (χ2n) is 7.72. The Balaban J connectivity index is 1.64. The van der Waals surface area contributed by atoms with Gasteiger partial charge in [-0.2, -0.15) is 0 Å². The van der Waals surface area contributed by atoms with Crippen LogP contribution in [0.25, 0.3) is 16.6 Å². The lowest BCUT2D eigenvalue weighted by molar-refractivity contribution is -0.127. The molecule has 0 aliphatic carbocycles. The maximum atomic E-state index is 13.4. The maximum Gasteiger partial charge on any atom is 0.266 e. The van der Waals surface area contributed by atoms with E-state index < -0.39 is 0 Å². The molecule has 0 radical (unpaired) electrons. The molecule has 0 saturated carbocycles. The number of benzene rings is 3. The molecule has 0 bridgehead atoms. The van der Waals surface area contributed by atoms with E-state index in [1.165, 1.54) is 11.8 Å². The summed E-state index contributed by atoms with van der Waals surface area (Å²) >= 11 is 1.26. The Kier molecular flexibility index (Phi) is 6.79. The molecule has 33 heavy (non-hydrogen) atoms. The molecule has 0 unspecified atom stereocenters. The Bertz CT molecular complexity index is 1370. The molecule has 0 fully saturated rings. The average molecular weight is 460 g/mol. The van der Waals surface area contributed by atoms with Gasteiger partial charge in [-0.25, -0.2) is 4.98 Å². The van der Waals surface area contributed by atoms with Crippen molar-refractivity contribution in [1.82, 2.24) is 14.5 Å². The number of thioether (sulfide) groups is 1. The summed E-state index contributed by atoms with van der Waals surface area (Å²) in [6.07, 6.45) is 0. The van der Waals surface area contributed by atoms with Gasteiger partial charge in [0.05, 0.1) is 29.5 Å². The van der Waals surface area contributed by atoms with E-state index in [4.69, 9.17) is 9.72 Å². The average Bonchev–Trinajstić information content (AvgIpc) is 2.84. The number of hydrogen-bond acceptors (Lipinski definition) is 5. The predicted molar refractivity (Wildman–Crippen MR) is 132 cm³/mol. The minimum Gasteiger partial charge on any atom is -0.497 e. The molecule has 4 aromatic rings. The van der Waals surface area contributed by atoms with Gasteiger partial charge in [0.2, 0.25) is 5.91 Å². The minimum atomic E-state index is -0.183. The molecule has 168 valence electrons. The Morgan fingerprint density at radius 2 is 1.82 bits per heavy atom. The summed E-state index contributed by atoms with van der Waals surface area (Å²) in [5, 5.41) is 0.984. The fourth-order valence-corrected chi connectivity index (χ4v) is 4.51. The van der Waals surface area contributed by atoms with E-state index in [2.05, 4.69) is 0 Å². The monoisotopic (exact) mass is 459 g/mol. The van der Waals surface area contributed by atoms with Gasteiger partial charge in [-0.05, 0) is 42.3 Å². The number of carbonyl (C=O) groups excluding carboxylic acids is 1. The smallest absolute Gasteiger partial charge is 0.266 e. The van der Waals surface area contributed by atoms with Crippen molar-refractivity contribution in [3.05, 3.63) is 94.3 Å². The highest BCUT2D eigenvalue weighted by atomic mass is 32.2. The van der Waals surface area contributed by atoms with Crippen LogP contribution in [-0.2, 0) is 11.3 Å². The molecule has 0 saturated heterocycles. The molecule has 4 rings (SSSR count). The third-order valence-electron chi connectivity index (χ3n) is 5.48. The van der Waals surface area contributed by atoms with Crippen LogP contribution in [0.3, 0.4) is 0 Å². The van der Waals surface area contributed by atoms with Crippen LogP contribution < -0.4 is 10.3 Å². The van der Waals surface area contributed by atoms with Gasteiger partial charge in [-0.3, -0.25) is 14.2 Å². The minimum absolute atomic E-state index is 0.0390. The van der Waals surface area contributed by atoms with Gasteiger partial charge in [0.1, 0.15) is 5.75 Å². The first-order valence-corrected chi connectivity index (χ1v) is 11.5. The van der Waals surface area contributed by atoms with Crippen LogP contribution in [0.4, 0.5) is 0 Å². The number of rotatable bonds is 7. The number of amides is 1. The third-order valence-corrected chi connectivity index (χ3v) is 6.40. The second kappa shape index (κ2) is 9.92. The molecule has 1 aromatic heterocycles. The zero-order valence-corrected chi connectivity index (χ0v) is 19.6. The lowest BCUT2D eigenvalue weighted by atomic mass is 10.1.